The number of hydrogen-bond acceptors (Lipinski definition) is 3. The largest absolute Gasteiger partial charge is 0.490 e. The van der Waals surface area contributed by atoms with Crippen LogP contribution < -0.4 is 0 Å². The molecule has 116 valence electrons. The van der Waals surface area contributed by atoms with E-state index in [1.165, 1.54) is 10.4 Å². The molecule has 0 aromatic rings. The highest BCUT2D eigenvalue weighted by molar-refractivity contribution is 6.54. The van der Waals surface area contributed by atoms with Gasteiger partial charge in [-0.25, -0.2) is 4.79 Å². The zero-order valence-corrected chi connectivity index (χ0v) is 13.3. The summed E-state index contributed by atoms with van der Waals surface area (Å²) >= 11 is 0. The van der Waals surface area contributed by atoms with Gasteiger partial charge in [-0.3, -0.25) is 0 Å². The summed E-state index contributed by atoms with van der Waals surface area (Å²) in [5, 5.41) is 9.16. The maximum atomic E-state index is 11.1. The van der Waals surface area contributed by atoms with Gasteiger partial charge >= 0.3 is 13.2 Å². The van der Waals surface area contributed by atoms with Crippen LogP contribution >= 0.6 is 0 Å². The van der Waals surface area contributed by atoms with Crippen LogP contribution in [0.25, 0.3) is 0 Å². The van der Waals surface area contributed by atoms with Crippen LogP contribution in [0.4, 0.5) is 4.79 Å². The van der Waals surface area contributed by atoms with Gasteiger partial charge in [0.1, 0.15) is 0 Å². The topological polar surface area (TPSA) is 59.0 Å². The van der Waals surface area contributed by atoms with Gasteiger partial charge in [-0.05, 0) is 57.8 Å². The van der Waals surface area contributed by atoms with Crippen LogP contribution in [0.5, 0.6) is 0 Å². The summed E-state index contributed by atoms with van der Waals surface area (Å²) in [6.07, 6.45) is 3.33. The number of nitrogens with zero attached hydrogens (tertiary/aromatic N) is 1. The quantitative estimate of drug-likeness (QED) is 0.755. The molecule has 2 atom stereocenters. The van der Waals surface area contributed by atoms with Crippen molar-refractivity contribution in [2.75, 3.05) is 13.1 Å². The summed E-state index contributed by atoms with van der Waals surface area (Å²) in [7, 11) is -0.281. The highest BCUT2D eigenvalue weighted by atomic mass is 16.7. The third-order valence-electron chi connectivity index (χ3n) is 5.37. The smallest absolute Gasteiger partial charge is 0.465 e. The van der Waals surface area contributed by atoms with Gasteiger partial charge in [0.25, 0.3) is 0 Å². The Hall–Kier alpha value is -1.01. The summed E-state index contributed by atoms with van der Waals surface area (Å²) in [5.74, 6) is 0.682. The van der Waals surface area contributed by atoms with Crippen molar-refractivity contribution >= 4 is 13.2 Å². The van der Waals surface area contributed by atoms with Crippen LogP contribution in [-0.4, -0.2) is 47.5 Å². The predicted octanol–water partition coefficient (Wildman–Crippen LogP) is 2.56. The molecule has 3 aliphatic rings. The van der Waals surface area contributed by atoms with Crippen LogP contribution in [0.1, 0.15) is 40.5 Å². The predicted molar refractivity (Wildman–Crippen MR) is 80.0 cm³/mol. The van der Waals surface area contributed by atoms with Crippen LogP contribution in [0.3, 0.4) is 0 Å². The second-order valence-electron chi connectivity index (χ2n) is 7.58. The van der Waals surface area contributed by atoms with Crippen molar-refractivity contribution in [1.82, 2.24) is 4.90 Å². The van der Waals surface area contributed by atoms with Crippen LogP contribution in [0, 0.1) is 11.8 Å². The lowest BCUT2D eigenvalue weighted by atomic mass is 9.66. The Bertz CT molecular complexity index is 472. The zero-order valence-electron chi connectivity index (χ0n) is 13.3. The second-order valence-corrected chi connectivity index (χ2v) is 7.58. The Morgan fingerprint density at radius 1 is 1.29 bits per heavy atom. The number of carboxylic acid groups (broad SMARTS) is 1. The number of allylic oxidation sites excluding steroid dienone is 1. The Labute approximate surface area is 126 Å². The highest BCUT2D eigenvalue weighted by Gasteiger charge is 2.53. The Morgan fingerprint density at radius 2 is 1.90 bits per heavy atom. The monoisotopic (exact) mass is 293 g/mol. The fraction of sp³-hybridized carbons (Fsp3) is 0.800. The van der Waals surface area contributed by atoms with E-state index in [0.29, 0.717) is 24.9 Å². The van der Waals surface area contributed by atoms with Crippen molar-refractivity contribution in [1.29, 1.82) is 0 Å². The van der Waals surface area contributed by atoms with Gasteiger partial charge in [0, 0.05) is 13.1 Å². The van der Waals surface area contributed by atoms with Gasteiger partial charge in [-0.1, -0.05) is 6.08 Å². The number of hydrogen-bond donors (Lipinski definition) is 1. The van der Waals surface area contributed by atoms with Gasteiger partial charge in [0.05, 0.1) is 11.2 Å². The van der Waals surface area contributed by atoms with Crippen molar-refractivity contribution in [2.24, 2.45) is 11.8 Å². The highest BCUT2D eigenvalue weighted by Crippen LogP contribution is 2.42. The Kier molecular flexibility index (Phi) is 3.37. The number of amides is 1. The molecule has 0 saturated carbocycles. The van der Waals surface area contributed by atoms with E-state index >= 15 is 0 Å². The number of likely N-dealkylation sites (tertiary alicyclic amines) is 1. The summed E-state index contributed by atoms with van der Waals surface area (Å²) in [6, 6.07) is 0. The van der Waals surface area contributed by atoms with E-state index < -0.39 is 6.09 Å². The van der Waals surface area contributed by atoms with E-state index in [9.17, 15) is 4.79 Å². The van der Waals surface area contributed by atoms with Gasteiger partial charge < -0.3 is 19.3 Å². The lowest BCUT2D eigenvalue weighted by Crippen LogP contribution is -2.45. The number of piperidine rings is 1. The number of rotatable bonds is 1. The molecule has 21 heavy (non-hydrogen) atoms. The van der Waals surface area contributed by atoms with E-state index in [1.807, 2.05) is 0 Å². The van der Waals surface area contributed by atoms with E-state index in [1.54, 1.807) is 0 Å². The molecule has 1 amide bonds. The Morgan fingerprint density at radius 3 is 2.43 bits per heavy atom. The minimum Gasteiger partial charge on any atom is -0.465 e. The molecular formula is C15H24BNO4. The molecule has 2 heterocycles. The zero-order chi connectivity index (χ0) is 15.4. The molecule has 0 aromatic carbocycles. The van der Waals surface area contributed by atoms with E-state index in [2.05, 4.69) is 33.8 Å². The SMILES string of the molecule is CC1(C)OB(C2=CC3CC(C2)CN(C(=O)O)C3)OC1(C)C. The molecule has 2 unspecified atom stereocenters. The number of carbonyl (C=O) groups is 1. The molecule has 2 aliphatic heterocycles. The first-order chi connectivity index (χ1) is 9.68. The molecule has 0 spiro atoms. The summed E-state index contributed by atoms with van der Waals surface area (Å²) < 4.78 is 12.2. The van der Waals surface area contributed by atoms with E-state index in [-0.39, 0.29) is 18.3 Å². The molecule has 1 aliphatic carbocycles. The molecule has 2 saturated heterocycles. The van der Waals surface area contributed by atoms with Crippen molar-refractivity contribution in [3.05, 3.63) is 11.5 Å². The molecule has 0 radical (unpaired) electrons. The minimum atomic E-state index is -0.808. The van der Waals surface area contributed by atoms with Crippen LogP contribution in [0.15, 0.2) is 11.5 Å². The third-order valence-corrected chi connectivity index (χ3v) is 5.37. The van der Waals surface area contributed by atoms with Gasteiger partial charge in [-0.15, -0.1) is 0 Å². The first-order valence-corrected chi connectivity index (χ1v) is 7.72. The fourth-order valence-electron chi connectivity index (χ4n) is 3.54. The molecular weight excluding hydrogens is 269 g/mol. The van der Waals surface area contributed by atoms with Crippen molar-refractivity contribution in [3.63, 3.8) is 0 Å². The molecule has 5 nitrogen and oxygen atoms in total. The molecule has 0 aromatic heterocycles. The lowest BCUT2D eigenvalue weighted by Gasteiger charge is -2.39. The van der Waals surface area contributed by atoms with E-state index in [0.717, 1.165) is 12.8 Å². The Balaban J connectivity index is 1.76. The maximum Gasteiger partial charge on any atom is 0.490 e. The average Bonchev–Trinajstić information content (AvgIpc) is 2.57. The van der Waals surface area contributed by atoms with Crippen molar-refractivity contribution < 1.29 is 19.2 Å². The van der Waals surface area contributed by atoms with Gasteiger partial charge in [-0.2, -0.15) is 0 Å². The lowest BCUT2D eigenvalue weighted by molar-refractivity contribution is 0.00578. The molecule has 3 rings (SSSR count). The molecule has 1 N–H and O–H groups in total. The molecule has 2 fully saturated rings. The normalized spacial score (nSPS) is 33.8. The first kappa shape index (κ1) is 14.9. The molecule has 6 heteroatoms. The van der Waals surface area contributed by atoms with Crippen LogP contribution in [-0.2, 0) is 9.31 Å². The third kappa shape index (κ3) is 2.59. The first-order valence-electron chi connectivity index (χ1n) is 7.72. The molecule has 2 bridgehead atoms. The fourth-order valence-corrected chi connectivity index (χ4v) is 3.54. The van der Waals surface area contributed by atoms with Gasteiger partial charge in [0.2, 0.25) is 0 Å². The number of fused-ring (bicyclic) bond motifs is 2. The van der Waals surface area contributed by atoms with Crippen molar-refractivity contribution in [2.45, 2.75) is 51.7 Å². The van der Waals surface area contributed by atoms with Gasteiger partial charge in [0.15, 0.2) is 0 Å². The summed E-state index contributed by atoms with van der Waals surface area (Å²) in [6.45, 7) is 9.46. The standard InChI is InChI=1S/C15H24BNO4/c1-14(2)15(3,4)21-16(20-14)12-6-10-5-11(7-12)9-17(8-10)13(18)19/h6,10-11H,5,7-9H2,1-4H3,(H,18,19). The second kappa shape index (κ2) is 4.75. The average molecular weight is 293 g/mol. The minimum absolute atomic E-state index is 0.281. The summed E-state index contributed by atoms with van der Waals surface area (Å²) in [5.41, 5.74) is 0.552. The van der Waals surface area contributed by atoms with Crippen molar-refractivity contribution in [3.8, 4) is 0 Å². The summed E-state index contributed by atoms with van der Waals surface area (Å²) in [4.78, 5) is 12.7. The van der Waals surface area contributed by atoms with Crippen LogP contribution in [0.2, 0.25) is 0 Å². The van der Waals surface area contributed by atoms with E-state index in [4.69, 9.17) is 14.4 Å². The maximum absolute atomic E-state index is 11.1.